The van der Waals surface area contributed by atoms with Gasteiger partial charge in [-0.05, 0) is 97.1 Å². The SMILES string of the molecule is NCC(=O)CCC(=O)OCCOc1ccc2c(c1)-c1cc3[nH]c(cc4nc(cc5[nH]c(cc-2n1)c1cc(OCCOC(=O)CCC(=O)CN)ccc51)-c1cc(OCCOC(=O)CCC(=O)CN)ccc1-4)c1cc(OCCOC(=O)CCC(=O)CN)ccc31. The van der Waals surface area contributed by atoms with Crippen molar-refractivity contribution in [1.82, 2.24) is 19.9 Å². The molecule has 0 spiro atoms. The van der Waals surface area contributed by atoms with Crippen molar-refractivity contribution in [3.05, 3.63) is 97.1 Å². The van der Waals surface area contributed by atoms with Gasteiger partial charge in [-0.2, -0.15) is 0 Å². The standard InChI is InChI=1S/C64H66N8O16/c65-33-37(73)1-13-61(77)85-21-17-81-41-5-9-45-49(25-41)57-29-54-46-10-6-42(82-18-22-86-62(78)14-2-38(74)34-66)26-50(46)59(70-54)31-56-48-12-8-44(84-20-24-88-64(80)16-4-40(76)36-68)28-52(48)60(72-56)32-55-47-11-7-43(27-51(47)58(71-55)30-53(45)69-57)83-19-23-87-63(79)15-3-39(75)35-67/h5-12,25-32,69,72H,1-4,13-24,33-36,65-68H2. The summed E-state index contributed by atoms with van der Waals surface area (Å²) >= 11 is 0. The van der Waals surface area contributed by atoms with E-state index in [2.05, 4.69) is 9.97 Å². The number of nitrogens with two attached hydrogens (primary N) is 4. The minimum Gasteiger partial charge on any atom is -0.490 e. The van der Waals surface area contributed by atoms with Crippen molar-refractivity contribution in [2.45, 2.75) is 51.4 Å². The van der Waals surface area contributed by atoms with E-state index in [4.69, 9.17) is 70.8 Å². The van der Waals surface area contributed by atoms with Crippen LogP contribution in [0.4, 0.5) is 0 Å². The minimum atomic E-state index is -0.546. The number of hydrogen-bond acceptors (Lipinski definition) is 22. The number of carbonyl (C=O) groups excluding carboxylic acids is 8. The van der Waals surface area contributed by atoms with Gasteiger partial charge < -0.3 is 70.8 Å². The Morgan fingerprint density at radius 3 is 0.886 bits per heavy atom. The van der Waals surface area contributed by atoms with E-state index >= 15 is 0 Å². The Hall–Kier alpha value is -9.88. The van der Waals surface area contributed by atoms with Gasteiger partial charge >= 0.3 is 23.9 Å². The summed E-state index contributed by atoms with van der Waals surface area (Å²) in [7, 11) is 0. The highest BCUT2D eigenvalue weighted by molar-refractivity contribution is 6.11. The van der Waals surface area contributed by atoms with Crippen molar-refractivity contribution in [3.63, 3.8) is 0 Å². The highest BCUT2D eigenvalue weighted by atomic mass is 16.6. The van der Waals surface area contributed by atoms with E-state index in [9.17, 15) is 38.4 Å². The molecule has 0 radical (unpaired) electrons. The maximum atomic E-state index is 12.3. The van der Waals surface area contributed by atoms with Crippen LogP contribution in [0, 0.1) is 0 Å². The van der Waals surface area contributed by atoms with Crippen LogP contribution >= 0.6 is 0 Å². The first-order chi connectivity index (χ1) is 42.7. The topological polar surface area (TPSA) is 372 Å². The summed E-state index contributed by atoms with van der Waals surface area (Å²) in [6, 6.07) is 29.9. The number of ketones is 4. The highest BCUT2D eigenvalue weighted by Crippen LogP contribution is 2.43. The zero-order valence-electron chi connectivity index (χ0n) is 48.1. The second-order valence-electron chi connectivity index (χ2n) is 20.3. The Morgan fingerprint density at radius 1 is 0.307 bits per heavy atom. The van der Waals surface area contributed by atoms with E-state index in [1.54, 1.807) is 24.3 Å². The summed E-state index contributed by atoms with van der Waals surface area (Å²) in [4.78, 5) is 114. The van der Waals surface area contributed by atoms with Crippen molar-refractivity contribution < 1.29 is 76.3 Å². The van der Waals surface area contributed by atoms with Crippen LogP contribution in [0.3, 0.4) is 0 Å². The van der Waals surface area contributed by atoms with Crippen LogP contribution in [-0.4, -0.2) is 146 Å². The van der Waals surface area contributed by atoms with Crippen LogP contribution in [0.5, 0.6) is 23.0 Å². The Kier molecular flexibility index (Phi) is 21.3. The molecular weight excluding hydrogens is 1140 g/mol. The average Bonchev–Trinajstić information content (AvgIpc) is 3.34. The second kappa shape index (κ2) is 30.0. The number of ether oxygens (including phenoxy) is 8. The maximum absolute atomic E-state index is 12.3. The van der Waals surface area contributed by atoms with Gasteiger partial charge in [-0.3, -0.25) is 38.4 Å². The van der Waals surface area contributed by atoms with E-state index < -0.39 is 23.9 Å². The quantitative estimate of drug-likeness (QED) is 0.0155. The van der Waals surface area contributed by atoms with Crippen LogP contribution in [-0.2, 0) is 57.3 Å². The van der Waals surface area contributed by atoms with E-state index in [-0.39, 0.29) is 154 Å². The van der Waals surface area contributed by atoms with Gasteiger partial charge in [0.2, 0.25) is 0 Å². The van der Waals surface area contributed by atoms with Gasteiger partial charge in [0.05, 0.1) is 74.6 Å². The third-order valence-corrected chi connectivity index (χ3v) is 14.2. The molecule has 0 unspecified atom stereocenters. The predicted octanol–water partition coefficient (Wildman–Crippen LogP) is 6.21. The molecule has 7 aromatic rings. The molecule has 2 aliphatic heterocycles. The lowest BCUT2D eigenvalue weighted by Gasteiger charge is -2.09. The van der Waals surface area contributed by atoms with Gasteiger partial charge in [-0.1, -0.05) is 0 Å². The van der Waals surface area contributed by atoms with Crippen molar-refractivity contribution in [3.8, 4) is 68.0 Å². The molecule has 8 bridgehead atoms. The first-order valence-corrected chi connectivity index (χ1v) is 28.6. The molecule has 24 nitrogen and oxygen atoms in total. The van der Waals surface area contributed by atoms with E-state index in [1.165, 1.54) is 0 Å². The molecular formula is C64H66N8O16. The first-order valence-electron chi connectivity index (χ1n) is 28.6. The molecule has 458 valence electrons. The molecule has 0 amide bonds. The number of carbonyl (C=O) groups is 8. The number of rotatable bonds is 32. The molecule has 0 atom stereocenters. The fraction of sp³-hybridized carbons (Fsp3) is 0.312. The number of benzene rings is 4. The molecule has 0 saturated carbocycles. The summed E-state index contributed by atoms with van der Waals surface area (Å²) in [5.41, 5.74) is 29.5. The molecule has 3 aromatic heterocycles. The summed E-state index contributed by atoms with van der Waals surface area (Å²) < 4.78 is 45.8. The molecule has 88 heavy (non-hydrogen) atoms. The number of fused-ring (bicyclic) bond motifs is 20. The molecule has 0 aliphatic carbocycles. The third kappa shape index (κ3) is 16.3. The molecule has 5 heterocycles. The van der Waals surface area contributed by atoms with Crippen molar-refractivity contribution in [2.24, 2.45) is 22.9 Å². The Bertz CT molecular complexity index is 3730. The third-order valence-electron chi connectivity index (χ3n) is 14.2. The lowest BCUT2D eigenvalue weighted by Crippen LogP contribution is -2.17. The van der Waals surface area contributed by atoms with E-state index in [1.807, 2.05) is 72.8 Å². The van der Waals surface area contributed by atoms with Gasteiger partial charge in [0.25, 0.3) is 0 Å². The molecule has 2 aliphatic rings. The Labute approximate surface area is 503 Å². The van der Waals surface area contributed by atoms with Gasteiger partial charge in [-0.25, -0.2) is 9.97 Å². The first kappa shape index (κ1) is 62.6. The van der Waals surface area contributed by atoms with Crippen LogP contribution in [0.25, 0.3) is 88.6 Å². The molecule has 0 fully saturated rings. The number of aromatic amines is 2. The van der Waals surface area contributed by atoms with Crippen LogP contribution in [0.2, 0.25) is 0 Å². The van der Waals surface area contributed by atoms with Gasteiger partial charge in [0, 0.05) is 91.5 Å². The van der Waals surface area contributed by atoms with Gasteiger partial charge in [0.15, 0.2) is 0 Å². The normalized spacial score (nSPS) is 11.3. The fourth-order valence-corrected chi connectivity index (χ4v) is 9.66. The second-order valence-corrected chi connectivity index (χ2v) is 20.3. The van der Waals surface area contributed by atoms with Crippen molar-refractivity contribution >= 4 is 90.6 Å². The number of esters is 4. The average molecular weight is 1200 g/mol. The number of nitrogens with one attached hydrogen (secondary N) is 2. The maximum Gasteiger partial charge on any atom is 0.306 e. The number of hydrogen-bond donors (Lipinski definition) is 6. The Morgan fingerprint density at radius 2 is 0.580 bits per heavy atom. The van der Waals surface area contributed by atoms with Crippen molar-refractivity contribution in [1.29, 1.82) is 0 Å². The Balaban J connectivity index is 1.13. The number of Topliss-reactive ketones (excluding diaryl/α,β-unsaturated/α-hetero) is 4. The smallest absolute Gasteiger partial charge is 0.306 e. The summed E-state index contributed by atoms with van der Waals surface area (Å²) in [5.74, 6) is -1.29. The van der Waals surface area contributed by atoms with E-state index in [0.29, 0.717) is 67.8 Å². The number of nitrogens with zero attached hydrogens (tertiary/aromatic N) is 2. The molecule has 24 heteroatoms. The molecule has 4 aromatic carbocycles. The minimum absolute atomic E-state index is 0.0128. The van der Waals surface area contributed by atoms with Crippen molar-refractivity contribution in [2.75, 3.05) is 79.0 Å². The molecule has 0 saturated heterocycles. The van der Waals surface area contributed by atoms with Gasteiger partial charge in [-0.15, -0.1) is 0 Å². The van der Waals surface area contributed by atoms with Crippen LogP contribution < -0.4 is 41.9 Å². The lowest BCUT2D eigenvalue weighted by atomic mass is 10.0. The summed E-state index contributed by atoms with van der Waals surface area (Å²) in [6.45, 7) is -0.804. The fourth-order valence-electron chi connectivity index (χ4n) is 9.66. The van der Waals surface area contributed by atoms with E-state index in [0.717, 1.165) is 43.8 Å². The van der Waals surface area contributed by atoms with Crippen LogP contribution in [0.15, 0.2) is 97.1 Å². The predicted molar refractivity (Wildman–Crippen MR) is 324 cm³/mol. The monoisotopic (exact) mass is 1200 g/mol. The highest BCUT2D eigenvalue weighted by Gasteiger charge is 2.23. The summed E-state index contributed by atoms with van der Waals surface area (Å²) in [5, 5.41) is 3.07. The number of H-pyrrole nitrogens is 2. The van der Waals surface area contributed by atoms with Crippen LogP contribution in [0.1, 0.15) is 51.4 Å². The zero-order chi connectivity index (χ0) is 62.1. The molecule has 10 N–H and O–H groups in total. The number of aromatic nitrogens is 4. The van der Waals surface area contributed by atoms with Gasteiger partial charge in [0.1, 0.15) is 99.0 Å². The lowest BCUT2D eigenvalue weighted by molar-refractivity contribution is -0.146. The zero-order valence-corrected chi connectivity index (χ0v) is 48.1. The largest absolute Gasteiger partial charge is 0.490 e. The summed E-state index contributed by atoms with van der Waals surface area (Å²) in [6.07, 6.45) is -0.421. The molecule has 9 rings (SSSR count).